The molecule has 0 radical (unpaired) electrons. The van der Waals surface area contributed by atoms with E-state index in [1.807, 2.05) is 13.8 Å². The average Bonchev–Trinajstić information content (AvgIpc) is 2.59. The summed E-state index contributed by atoms with van der Waals surface area (Å²) in [6.45, 7) is 4.02. The molecule has 0 heterocycles. The van der Waals surface area contributed by atoms with Crippen molar-refractivity contribution in [3.05, 3.63) is 52.0 Å². The molecule has 138 valence electrons. The van der Waals surface area contributed by atoms with Crippen molar-refractivity contribution < 1.29 is 14.6 Å². The minimum absolute atomic E-state index is 0.0750. The van der Waals surface area contributed by atoms with Crippen molar-refractivity contribution in [2.45, 2.75) is 26.4 Å². The summed E-state index contributed by atoms with van der Waals surface area (Å²) in [5, 5.41) is 15.1. The number of carbonyl (C=O) groups is 1. The van der Waals surface area contributed by atoms with Gasteiger partial charge in [-0.25, -0.2) is 0 Å². The van der Waals surface area contributed by atoms with E-state index in [1.54, 1.807) is 24.3 Å². The third kappa shape index (κ3) is 5.49. The Hall–Kier alpha value is -2.02. The molecule has 1 amide bonds. The van der Waals surface area contributed by atoms with E-state index in [9.17, 15) is 9.90 Å². The molecule has 0 saturated heterocycles. The number of rotatable bonds is 5. The topological polar surface area (TPSA) is 70.6 Å². The van der Waals surface area contributed by atoms with Crippen molar-refractivity contribution in [3.8, 4) is 11.5 Å². The molecule has 0 fully saturated rings. The van der Waals surface area contributed by atoms with Crippen LogP contribution in [0.1, 0.15) is 30.6 Å². The third-order valence-electron chi connectivity index (χ3n) is 3.53. The van der Waals surface area contributed by atoms with Crippen LogP contribution in [0.3, 0.4) is 0 Å². The van der Waals surface area contributed by atoms with E-state index in [-0.39, 0.29) is 32.9 Å². The summed E-state index contributed by atoms with van der Waals surface area (Å²) in [6, 6.07) is 9.67. The molecular weight excluding hydrogens is 395 g/mol. The summed E-state index contributed by atoms with van der Waals surface area (Å²) < 4.78 is 5.68. The lowest BCUT2D eigenvalue weighted by molar-refractivity contribution is 0.0977. The number of benzene rings is 2. The van der Waals surface area contributed by atoms with Crippen LogP contribution in [-0.4, -0.2) is 22.2 Å². The maximum absolute atomic E-state index is 12.3. The van der Waals surface area contributed by atoms with E-state index in [0.717, 1.165) is 6.42 Å². The zero-order chi connectivity index (χ0) is 19.3. The number of hydrogen-bond donors (Lipinski definition) is 3. The van der Waals surface area contributed by atoms with E-state index in [1.165, 1.54) is 12.1 Å². The number of amides is 1. The zero-order valence-corrected chi connectivity index (χ0v) is 16.5. The summed E-state index contributed by atoms with van der Waals surface area (Å²) in [6.07, 6.45) is 1.00. The molecule has 0 unspecified atom stereocenters. The van der Waals surface area contributed by atoms with Crippen molar-refractivity contribution in [2.24, 2.45) is 0 Å². The predicted octanol–water partition coefficient (Wildman–Crippen LogP) is 5.00. The molecule has 3 N–H and O–H groups in total. The van der Waals surface area contributed by atoms with Crippen LogP contribution in [0.2, 0.25) is 10.0 Å². The third-order valence-corrected chi connectivity index (χ3v) is 4.31. The number of halogens is 2. The Morgan fingerprint density at radius 1 is 1.23 bits per heavy atom. The molecule has 2 aromatic carbocycles. The quantitative estimate of drug-likeness (QED) is 0.475. The highest BCUT2D eigenvalue weighted by atomic mass is 35.5. The van der Waals surface area contributed by atoms with Gasteiger partial charge in [-0.05, 0) is 62.0 Å². The Bertz CT molecular complexity index is 790. The Labute approximate surface area is 167 Å². The smallest absolute Gasteiger partial charge is 0.257 e. The molecule has 2 aromatic rings. The molecule has 5 nitrogen and oxygen atoms in total. The van der Waals surface area contributed by atoms with E-state index in [2.05, 4.69) is 10.6 Å². The van der Waals surface area contributed by atoms with E-state index in [0.29, 0.717) is 17.0 Å². The monoisotopic (exact) mass is 412 g/mol. The van der Waals surface area contributed by atoms with E-state index in [4.69, 9.17) is 40.2 Å². The van der Waals surface area contributed by atoms with Crippen LogP contribution in [0.15, 0.2) is 36.4 Å². The van der Waals surface area contributed by atoms with Gasteiger partial charge in [-0.15, -0.1) is 0 Å². The number of thiocarbonyl (C=S) groups is 1. The summed E-state index contributed by atoms with van der Waals surface area (Å²) in [5.74, 6) is 0.118. The number of hydrogen-bond acceptors (Lipinski definition) is 4. The first-order chi connectivity index (χ1) is 12.3. The molecule has 0 spiro atoms. The highest BCUT2D eigenvalue weighted by molar-refractivity contribution is 7.80. The maximum atomic E-state index is 12.3. The lowest BCUT2D eigenvalue weighted by Crippen LogP contribution is -2.34. The van der Waals surface area contributed by atoms with Crippen LogP contribution in [0, 0.1) is 0 Å². The second kappa shape index (κ2) is 9.07. The van der Waals surface area contributed by atoms with Crippen LogP contribution >= 0.6 is 35.4 Å². The Kier molecular flexibility index (Phi) is 7.08. The lowest BCUT2D eigenvalue weighted by Gasteiger charge is -2.13. The fourth-order valence-electron chi connectivity index (χ4n) is 1.98. The van der Waals surface area contributed by atoms with Crippen molar-refractivity contribution >= 4 is 52.1 Å². The first-order valence-corrected chi connectivity index (χ1v) is 9.03. The van der Waals surface area contributed by atoms with Crippen molar-refractivity contribution in [1.82, 2.24) is 5.32 Å². The molecule has 1 atom stereocenters. The van der Waals surface area contributed by atoms with Gasteiger partial charge in [0.25, 0.3) is 5.91 Å². The maximum Gasteiger partial charge on any atom is 0.257 e. The number of carbonyl (C=O) groups excluding carboxylic acids is 1. The number of ether oxygens (including phenoxy) is 1. The van der Waals surface area contributed by atoms with Crippen LogP contribution in [0.5, 0.6) is 11.5 Å². The molecule has 0 aliphatic rings. The Balaban J connectivity index is 1.97. The van der Waals surface area contributed by atoms with Gasteiger partial charge in [0, 0.05) is 11.3 Å². The standard InChI is InChI=1S/C18H18Cl2N2O3S/c1-3-10(2)25-13-6-4-11(5-7-13)17(24)22-18(26)21-12-8-14(19)16(23)15(20)9-12/h4-10,23H,3H2,1-2H3,(H2,21,22,24,26)/t10-/m1/s1. The van der Waals surface area contributed by atoms with Gasteiger partial charge in [0.1, 0.15) is 5.75 Å². The van der Waals surface area contributed by atoms with Gasteiger partial charge in [-0.3, -0.25) is 10.1 Å². The minimum atomic E-state index is -0.367. The highest BCUT2D eigenvalue weighted by Gasteiger charge is 2.11. The molecule has 2 rings (SSSR count). The van der Waals surface area contributed by atoms with E-state index < -0.39 is 0 Å². The van der Waals surface area contributed by atoms with Crippen LogP contribution in [0.4, 0.5) is 5.69 Å². The zero-order valence-electron chi connectivity index (χ0n) is 14.2. The first-order valence-electron chi connectivity index (χ1n) is 7.87. The molecular formula is C18H18Cl2N2O3S. The lowest BCUT2D eigenvalue weighted by atomic mass is 10.2. The van der Waals surface area contributed by atoms with Crippen LogP contribution < -0.4 is 15.4 Å². The largest absolute Gasteiger partial charge is 0.505 e. The summed E-state index contributed by atoms with van der Waals surface area (Å²) in [7, 11) is 0. The number of nitrogens with one attached hydrogen (secondary N) is 2. The van der Waals surface area contributed by atoms with Crippen molar-refractivity contribution in [3.63, 3.8) is 0 Å². The average molecular weight is 413 g/mol. The Morgan fingerprint density at radius 3 is 2.35 bits per heavy atom. The number of anilines is 1. The second-order valence-corrected chi connectivity index (χ2v) is 6.78. The van der Waals surface area contributed by atoms with Gasteiger partial charge < -0.3 is 15.2 Å². The van der Waals surface area contributed by atoms with Gasteiger partial charge in [0.2, 0.25) is 0 Å². The van der Waals surface area contributed by atoms with Gasteiger partial charge in [0.15, 0.2) is 10.9 Å². The number of phenolic OH excluding ortho intramolecular Hbond substituents is 1. The fourth-order valence-corrected chi connectivity index (χ4v) is 2.67. The normalized spacial score (nSPS) is 11.5. The van der Waals surface area contributed by atoms with Gasteiger partial charge in [0.05, 0.1) is 16.1 Å². The van der Waals surface area contributed by atoms with Gasteiger partial charge >= 0.3 is 0 Å². The Morgan fingerprint density at radius 2 is 1.81 bits per heavy atom. The van der Waals surface area contributed by atoms with Crippen LogP contribution in [0.25, 0.3) is 0 Å². The molecule has 0 aromatic heterocycles. The van der Waals surface area contributed by atoms with Gasteiger partial charge in [-0.2, -0.15) is 0 Å². The van der Waals surface area contributed by atoms with Crippen molar-refractivity contribution in [1.29, 1.82) is 0 Å². The van der Waals surface area contributed by atoms with Crippen LogP contribution in [-0.2, 0) is 0 Å². The summed E-state index contributed by atoms with van der Waals surface area (Å²) in [5.41, 5.74) is 0.882. The summed E-state index contributed by atoms with van der Waals surface area (Å²) in [4.78, 5) is 12.3. The highest BCUT2D eigenvalue weighted by Crippen LogP contribution is 2.34. The SMILES string of the molecule is CC[C@@H](C)Oc1ccc(C(=O)NC(=S)Nc2cc(Cl)c(O)c(Cl)c2)cc1. The molecule has 0 saturated carbocycles. The minimum Gasteiger partial charge on any atom is -0.505 e. The van der Waals surface area contributed by atoms with Gasteiger partial charge in [-0.1, -0.05) is 30.1 Å². The predicted molar refractivity (Wildman–Crippen MR) is 109 cm³/mol. The first kappa shape index (κ1) is 20.3. The fraction of sp³-hybridized carbons (Fsp3) is 0.222. The molecule has 0 bridgehead atoms. The molecule has 0 aliphatic carbocycles. The molecule has 0 aliphatic heterocycles. The molecule has 8 heteroatoms. The second-order valence-electron chi connectivity index (χ2n) is 5.56. The van der Waals surface area contributed by atoms with Crippen molar-refractivity contribution in [2.75, 3.05) is 5.32 Å². The molecule has 26 heavy (non-hydrogen) atoms. The van der Waals surface area contributed by atoms with E-state index >= 15 is 0 Å². The number of phenols is 1. The summed E-state index contributed by atoms with van der Waals surface area (Å²) >= 11 is 16.8. The number of aromatic hydroxyl groups is 1.